The van der Waals surface area contributed by atoms with E-state index in [0.29, 0.717) is 6.54 Å². The molecule has 0 bridgehead atoms. The number of unbranched alkanes of at least 4 members (excludes halogenated alkanes) is 11. The van der Waals surface area contributed by atoms with Gasteiger partial charge in [0.15, 0.2) is 0 Å². The van der Waals surface area contributed by atoms with Gasteiger partial charge in [0.1, 0.15) is 0 Å². The molecule has 0 aromatic rings. The van der Waals surface area contributed by atoms with Crippen molar-refractivity contribution in [2.75, 3.05) is 13.1 Å². The highest BCUT2D eigenvalue weighted by Crippen LogP contribution is 2.11. The molecule has 0 aliphatic heterocycles. The lowest BCUT2D eigenvalue weighted by Crippen LogP contribution is -2.16. The summed E-state index contributed by atoms with van der Waals surface area (Å²) in [5.41, 5.74) is 5.39. The minimum atomic E-state index is 0.711. The average molecular weight is 268 g/mol. The van der Waals surface area contributed by atoms with Gasteiger partial charge in [-0.25, -0.2) is 0 Å². The number of hydrogen-bond donors (Lipinski definition) is 2. The van der Waals surface area contributed by atoms with E-state index in [1.807, 2.05) is 6.20 Å². The predicted molar refractivity (Wildman–Crippen MR) is 87.3 cm³/mol. The maximum absolute atomic E-state index is 5.39. The summed E-state index contributed by atoms with van der Waals surface area (Å²) in [6.45, 7) is 3.88. The van der Waals surface area contributed by atoms with Gasteiger partial charge in [-0.05, 0) is 19.0 Å². The zero-order valence-corrected chi connectivity index (χ0v) is 13.1. The van der Waals surface area contributed by atoms with Crippen LogP contribution in [0.25, 0.3) is 0 Å². The second kappa shape index (κ2) is 17.5. The first-order chi connectivity index (χ1) is 9.41. The molecule has 0 aromatic carbocycles. The smallest absolute Gasteiger partial charge is 0.0264 e. The van der Waals surface area contributed by atoms with Crippen LogP contribution in [0, 0.1) is 0 Å². The first kappa shape index (κ1) is 18.5. The normalized spacial score (nSPS) is 11.3. The van der Waals surface area contributed by atoms with Crippen LogP contribution in [0.1, 0.15) is 84.0 Å². The Morgan fingerprint density at radius 1 is 0.789 bits per heavy atom. The largest absolute Gasteiger partial charge is 0.390 e. The van der Waals surface area contributed by atoms with E-state index >= 15 is 0 Å². The minimum absolute atomic E-state index is 0.711. The number of allylic oxidation sites excluding steroid dienone is 1. The highest BCUT2D eigenvalue weighted by atomic mass is 14.8. The van der Waals surface area contributed by atoms with Crippen LogP contribution in [0.3, 0.4) is 0 Å². The maximum atomic E-state index is 5.39. The van der Waals surface area contributed by atoms with Gasteiger partial charge in [-0.3, -0.25) is 0 Å². The number of nitrogens with two attached hydrogens (primary N) is 1. The molecule has 19 heavy (non-hydrogen) atoms. The molecule has 0 saturated carbocycles. The fourth-order valence-corrected chi connectivity index (χ4v) is 2.26. The first-order valence-corrected chi connectivity index (χ1v) is 8.50. The molecule has 0 aromatic heterocycles. The van der Waals surface area contributed by atoms with Gasteiger partial charge in [0.2, 0.25) is 0 Å². The maximum Gasteiger partial charge on any atom is 0.0264 e. The molecule has 2 heteroatoms. The van der Waals surface area contributed by atoms with Gasteiger partial charge in [-0.2, -0.15) is 0 Å². The Bertz CT molecular complexity index is 178. The Balaban J connectivity index is 2.97. The second-order valence-corrected chi connectivity index (χ2v) is 5.47. The van der Waals surface area contributed by atoms with Crippen LogP contribution >= 0.6 is 0 Å². The third kappa shape index (κ3) is 17.5. The van der Waals surface area contributed by atoms with Crippen LogP contribution in [0.2, 0.25) is 0 Å². The van der Waals surface area contributed by atoms with Gasteiger partial charge >= 0.3 is 0 Å². The van der Waals surface area contributed by atoms with Gasteiger partial charge in [-0.15, -0.1) is 0 Å². The number of rotatable bonds is 15. The van der Waals surface area contributed by atoms with Gasteiger partial charge in [0, 0.05) is 13.1 Å². The molecule has 0 unspecified atom stereocenters. The Hall–Kier alpha value is -0.500. The van der Waals surface area contributed by atoms with Crippen LogP contribution in [0.5, 0.6) is 0 Å². The lowest BCUT2D eigenvalue weighted by Gasteiger charge is -2.01. The van der Waals surface area contributed by atoms with Gasteiger partial charge in [-0.1, -0.05) is 77.2 Å². The molecular formula is C17H36N2. The van der Waals surface area contributed by atoms with Crippen LogP contribution in [0.15, 0.2) is 12.3 Å². The highest BCUT2D eigenvalue weighted by Gasteiger charge is 1.92. The van der Waals surface area contributed by atoms with E-state index in [2.05, 4.69) is 18.3 Å². The fraction of sp³-hybridized carbons (Fsp3) is 0.882. The molecule has 0 radical (unpaired) electrons. The molecule has 0 amide bonds. The predicted octanol–water partition coefficient (Wildman–Crippen LogP) is 4.75. The quantitative estimate of drug-likeness (QED) is 0.421. The summed E-state index contributed by atoms with van der Waals surface area (Å²) in [6, 6.07) is 0. The van der Waals surface area contributed by atoms with E-state index in [1.54, 1.807) is 0 Å². The molecule has 0 atom stereocenters. The van der Waals surface area contributed by atoms with E-state index in [-0.39, 0.29) is 0 Å². The van der Waals surface area contributed by atoms with E-state index < -0.39 is 0 Å². The lowest BCUT2D eigenvalue weighted by molar-refractivity contribution is 0.550. The molecule has 0 rings (SSSR count). The summed E-state index contributed by atoms with van der Waals surface area (Å²) in [5, 5.41) is 3.17. The molecule has 0 spiro atoms. The lowest BCUT2D eigenvalue weighted by atomic mass is 10.1. The van der Waals surface area contributed by atoms with Gasteiger partial charge in [0.05, 0.1) is 0 Å². The van der Waals surface area contributed by atoms with Crippen molar-refractivity contribution in [1.82, 2.24) is 5.32 Å². The Morgan fingerprint density at radius 2 is 1.32 bits per heavy atom. The minimum Gasteiger partial charge on any atom is -0.390 e. The Kier molecular flexibility index (Phi) is 17.0. The standard InChI is InChI=1S/C17H36N2/c1-2-3-4-5-6-7-8-9-10-11-12-13-14-16-19-17-15-18/h14,16,19H,2-13,15,17-18H2,1H3. The van der Waals surface area contributed by atoms with E-state index in [9.17, 15) is 0 Å². The Labute approximate surface area is 121 Å². The van der Waals surface area contributed by atoms with Crippen LogP contribution in [-0.4, -0.2) is 13.1 Å². The molecule has 0 saturated heterocycles. The van der Waals surface area contributed by atoms with Crippen LogP contribution in [0.4, 0.5) is 0 Å². The average Bonchev–Trinajstić information content (AvgIpc) is 2.43. The van der Waals surface area contributed by atoms with Crippen molar-refractivity contribution < 1.29 is 0 Å². The van der Waals surface area contributed by atoms with E-state index in [4.69, 9.17) is 5.73 Å². The SMILES string of the molecule is CCCCCCCCCCCCCC=CNCCN. The summed E-state index contributed by atoms with van der Waals surface area (Å²) < 4.78 is 0. The highest BCUT2D eigenvalue weighted by molar-refractivity contribution is 4.79. The zero-order valence-electron chi connectivity index (χ0n) is 13.1. The molecule has 3 N–H and O–H groups in total. The summed E-state index contributed by atoms with van der Waals surface area (Å²) >= 11 is 0. The first-order valence-electron chi connectivity index (χ1n) is 8.50. The Morgan fingerprint density at radius 3 is 1.84 bits per heavy atom. The fourth-order valence-electron chi connectivity index (χ4n) is 2.26. The third-order valence-corrected chi connectivity index (χ3v) is 3.50. The number of nitrogens with one attached hydrogen (secondary N) is 1. The van der Waals surface area contributed by atoms with Crippen molar-refractivity contribution in [3.05, 3.63) is 12.3 Å². The van der Waals surface area contributed by atoms with Crippen molar-refractivity contribution in [3.8, 4) is 0 Å². The summed E-state index contributed by atoms with van der Waals surface area (Å²) in [6.07, 6.45) is 21.1. The van der Waals surface area contributed by atoms with Crippen molar-refractivity contribution in [3.63, 3.8) is 0 Å². The topological polar surface area (TPSA) is 38.0 Å². The van der Waals surface area contributed by atoms with Crippen molar-refractivity contribution in [1.29, 1.82) is 0 Å². The van der Waals surface area contributed by atoms with Crippen molar-refractivity contribution >= 4 is 0 Å². The third-order valence-electron chi connectivity index (χ3n) is 3.50. The molecule has 2 nitrogen and oxygen atoms in total. The molecule has 0 aliphatic rings. The van der Waals surface area contributed by atoms with Gasteiger partial charge in [0.25, 0.3) is 0 Å². The number of hydrogen-bond acceptors (Lipinski definition) is 2. The summed E-state index contributed by atoms with van der Waals surface area (Å²) in [7, 11) is 0. The zero-order chi connectivity index (χ0) is 14.0. The van der Waals surface area contributed by atoms with E-state index in [0.717, 1.165) is 6.54 Å². The second-order valence-electron chi connectivity index (χ2n) is 5.47. The monoisotopic (exact) mass is 268 g/mol. The molecular weight excluding hydrogens is 232 g/mol. The van der Waals surface area contributed by atoms with Crippen LogP contribution in [-0.2, 0) is 0 Å². The van der Waals surface area contributed by atoms with Crippen LogP contribution < -0.4 is 11.1 Å². The van der Waals surface area contributed by atoms with E-state index in [1.165, 1.54) is 77.0 Å². The summed E-state index contributed by atoms with van der Waals surface area (Å²) in [5.74, 6) is 0. The summed E-state index contributed by atoms with van der Waals surface area (Å²) in [4.78, 5) is 0. The van der Waals surface area contributed by atoms with Crippen molar-refractivity contribution in [2.24, 2.45) is 5.73 Å². The van der Waals surface area contributed by atoms with Crippen molar-refractivity contribution in [2.45, 2.75) is 84.0 Å². The molecule has 0 fully saturated rings. The molecule has 114 valence electrons. The molecule has 0 heterocycles. The van der Waals surface area contributed by atoms with Gasteiger partial charge < -0.3 is 11.1 Å². The molecule has 0 aliphatic carbocycles.